The second kappa shape index (κ2) is 4.68. The monoisotopic (exact) mass is 186 g/mol. The zero-order valence-corrected chi connectivity index (χ0v) is 8.16. The number of aromatic carboxylic acids is 1. The molecule has 1 aromatic rings. The molecule has 2 nitrogen and oxygen atoms in total. The number of carboxylic acid groups (broad SMARTS) is 1. The Morgan fingerprint density at radius 3 is 1.86 bits per heavy atom. The Morgan fingerprint density at radius 1 is 1.14 bits per heavy atom. The Kier molecular flexibility index (Phi) is 4.44. The van der Waals surface area contributed by atoms with Crippen LogP contribution in [-0.2, 0) is 5.41 Å². The predicted octanol–water partition coefficient (Wildman–Crippen LogP) is 2.03. The molecule has 0 radical (unpaired) electrons. The van der Waals surface area contributed by atoms with Crippen LogP contribution in [0.3, 0.4) is 0 Å². The molecule has 72 valence electrons. The van der Waals surface area contributed by atoms with E-state index in [0.29, 0.717) is 5.56 Å². The molecule has 0 aliphatic carbocycles. The topological polar surface area (TPSA) is 37.3 Å². The summed E-state index contributed by atoms with van der Waals surface area (Å²) >= 11 is 0. The van der Waals surface area contributed by atoms with E-state index >= 15 is 0 Å². The first-order chi connectivity index (χ1) is 5.91. The molecule has 0 heterocycles. The van der Waals surface area contributed by atoms with E-state index in [-0.39, 0.29) is 24.3 Å². The molecule has 1 N–H and O–H groups in total. The summed E-state index contributed by atoms with van der Waals surface area (Å²) in [5, 5.41) is 8.68. The zero-order valence-electron chi connectivity index (χ0n) is 8.16. The van der Waals surface area contributed by atoms with Gasteiger partial charge in [-0.25, -0.2) is 4.79 Å². The van der Waals surface area contributed by atoms with Crippen LogP contribution in [0.4, 0.5) is 0 Å². The molecule has 1 rings (SSSR count). The zero-order chi connectivity index (χ0) is 10.1. The molecular formula is C11H15LiO2. The first-order valence-corrected chi connectivity index (χ1v) is 4.25. The van der Waals surface area contributed by atoms with E-state index in [9.17, 15) is 4.79 Å². The van der Waals surface area contributed by atoms with Gasteiger partial charge in [0.25, 0.3) is 0 Å². The van der Waals surface area contributed by atoms with Gasteiger partial charge in [-0.2, -0.15) is 0 Å². The van der Waals surface area contributed by atoms with Crippen LogP contribution in [0, 0.1) is 0 Å². The van der Waals surface area contributed by atoms with E-state index in [0.717, 1.165) is 5.56 Å². The molecule has 0 aliphatic heterocycles. The summed E-state index contributed by atoms with van der Waals surface area (Å²) in [6.45, 7) is 6.30. The van der Waals surface area contributed by atoms with Crippen molar-refractivity contribution in [2.45, 2.75) is 26.2 Å². The Labute approximate surface area is 96.5 Å². The summed E-state index contributed by atoms with van der Waals surface area (Å²) < 4.78 is 0. The molecule has 0 spiro atoms. The van der Waals surface area contributed by atoms with Gasteiger partial charge in [-0.3, -0.25) is 0 Å². The van der Waals surface area contributed by atoms with E-state index in [1.54, 1.807) is 12.1 Å². The van der Waals surface area contributed by atoms with Gasteiger partial charge < -0.3 is 5.11 Å². The van der Waals surface area contributed by atoms with Gasteiger partial charge in [0.15, 0.2) is 0 Å². The van der Waals surface area contributed by atoms with Gasteiger partial charge in [-0.1, -0.05) is 32.9 Å². The predicted molar refractivity (Wildman–Crippen MR) is 59.3 cm³/mol. The molecular weight excluding hydrogens is 171 g/mol. The van der Waals surface area contributed by atoms with Crippen LogP contribution in [0.25, 0.3) is 0 Å². The second-order valence-corrected chi connectivity index (χ2v) is 4.13. The van der Waals surface area contributed by atoms with Crippen LogP contribution in [0.2, 0.25) is 0 Å². The number of carbonyl (C=O) groups is 1. The second-order valence-electron chi connectivity index (χ2n) is 4.13. The van der Waals surface area contributed by atoms with E-state index in [2.05, 4.69) is 20.8 Å². The van der Waals surface area contributed by atoms with E-state index in [1.807, 2.05) is 12.1 Å². The maximum atomic E-state index is 10.6. The third-order valence-corrected chi connectivity index (χ3v) is 2.00. The summed E-state index contributed by atoms with van der Waals surface area (Å²) in [5.41, 5.74) is 1.57. The van der Waals surface area contributed by atoms with Crippen molar-refractivity contribution < 1.29 is 9.90 Å². The first-order valence-electron chi connectivity index (χ1n) is 4.25. The quantitative estimate of drug-likeness (QED) is 0.681. The minimum absolute atomic E-state index is 0. The third-order valence-electron chi connectivity index (χ3n) is 2.00. The van der Waals surface area contributed by atoms with Crippen molar-refractivity contribution in [2.24, 2.45) is 0 Å². The number of benzene rings is 1. The van der Waals surface area contributed by atoms with Gasteiger partial charge in [0.05, 0.1) is 5.56 Å². The average molecular weight is 186 g/mol. The van der Waals surface area contributed by atoms with Crippen LogP contribution < -0.4 is 0 Å². The van der Waals surface area contributed by atoms with E-state index in [4.69, 9.17) is 5.11 Å². The van der Waals surface area contributed by atoms with Gasteiger partial charge >= 0.3 is 24.8 Å². The molecule has 1 aromatic carbocycles. The first kappa shape index (κ1) is 13.3. The number of carboxylic acids is 1. The van der Waals surface area contributed by atoms with E-state index in [1.165, 1.54) is 0 Å². The molecule has 0 unspecified atom stereocenters. The van der Waals surface area contributed by atoms with Gasteiger partial charge in [0.1, 0.15) is 0 Å². The Bertz CT molecular complexity index is 309. The Hall–Kier alpha value is -0.713. The van der Waals surface area contributed by atoms with E-state index < -0.39 is 5.97 Å². The molecule has 3 heteroatoms. The van der Waals surface area contributed by atoms with Crippen LogP contribution >= 0.6 is 0 Å². The van der Waals surface area contributed by atoms with Gasteiger partial charge in [-0.05, 0) is 23.1 Å². The fourth-order valence-corrected chi connectivity index (χ4v) is 1.11. The average Bonchev–Trinajstić information content (AvgIpc) is 2.03. The van der Waals surface area contributed by atoms with Crippen molar-refractivity contribution in [2.75, 3.05) is 0 Å². The van der Waals surface area contributed by atoms with Crippen LogP contribution in [0.1, 0.15) is 36.7 Å². The normalized spacial score (nSPS) is 10.5. The summed E-state index contributed by atoms with van der Waals surface area (Å²) in [7, 11) is 0. The minimum atomic E-state index is -0.875. The standard InChI is InChI=1S/C11H14O2.Li.H/c1-11(2,3)9-6-4-8(5-7-9)10(12)13;;/h4-7H,1-3H3,(H,12,13);;. The van der Waals surface area contributed by atoms with Gasteiger partial charge in [-0.15, -0.1) is 0 Å². The molecule has 0 atom stereocenters. The number of hydrogen-bond donors (Lipinski definition) is 1. The van der Waals surface area contributed by atoms with Crippen LogP contribution in [0.15, 0.2) is 24.3 Å². The number of rotatable bonds is 1. The molecule has 0 bridgehead atoms. The SMILES string of the molecule is CC(C)(C)c1ccc(C(=O)O)cc1.[LiH]. The molecule has 0 aliphatic rings. The van der Waals surface area contributed by atoms with Crippen LogP contribution in [-0.4, -0.2) is 29.9 Å². The van der Waals surface area contributed by atoms with Crippen molar-refractivity contribution in [3.63, 3.8) is 0 Å². The van der Waals surface area contributed by atoms with Crippen molar-refractivity contribution >= 4 is 24.8 Å². The maximum absolute atomic E-state index is 10.6. The molecule has 0 amide bonds. The molecule has 0 saturated heterocycles. The Morgan fingerprint density at radius 2 is 1.57 bits per heavy atom. The molecule has 0 aromatic heterocycles. The van der Waals surface area contributed by atoms with Crippen molar-refractivity contribution in [3.8, 4) is 0 Å². The molecule has 0 fully saturated rings. The van der Waals surface area contributed by atoms with Crippen molar-refractivity contribution in [1.82, 2.24) is 0 Å². The summed E-state index contributed by atoms with van der Waals surface area (Å²) in [5.74, 6) is -0.875. The summed E-state index contributed by atoms with van der Waals surface area (Å²) in [6, 6.07) is 7.01. The summed E-state index contributed by atoms with van der Waals surface area (Å²) in [4.78, 5) is 10.6. The third kappa shape index (κ3) is 3.21. The molecule has 14 heavy (non-hydrogen) atoms. The van der Waals surface area contributed by atoms with Gasteiger partial charge in [0, 0.05) is 0 Å². The molecule has 0 saturated carbocycles. The van der Waals surface area contributed by atoms with Crippen LogP contribution in [0.5, 0.6) is 0 Å². The fraction of sp³-hybridized carbons (Fsp3) is 0.364. The van der Waals surface area contributed by atoms with Crippen molar-refractivity contribution in [1.29, 1.82) is 0 Å². The summed E-state index contributed by atoms with van der Waals surface area (Å²) in [6.07, 6.45) is 0. The van der Waals surface area contributed by atoms with Crippen molar-refractivity contribution in [3.05, 3.63) is 35.4 Å². The van der Waals surface area contributed by atoms with Gasteiger partial charge in [0.2, 0.25) is 0 Å². The Balaban J connectivity index is 0.00000169. The fourth-order valence-electron chi connectivity index (χ4n) is 1.11. The number of hydrogen-bond acceptors (Lipinski definition) is 1.